The van der Waals surface area contributed by atoms with Crippen molar-refractivity contribution in [1.82, 2.24) is 15.1 Å². The quantitative estimate of drug-likeness (QED) is 0.680. The first-order valence-electron chi connectivity index (χ1n) is 8.36. The maximum atomic E-state index is 13.9. The van der Waals surface area contributed by atoms with Crippen LogP contribution in [-0.2, 0) is 16.1 Å². The van der Waals surface area contributed by atoms with Crippen LogP contribution < -0.4 is 10.9 Å². The average Bonchev–Trinajstić information content (AvgIpc) is 2.69. The molecule has 28 heavy (non-hydrogen) atoms. The van der Waals surface area contributed by atoms with Gasteiger partial charge in [0.15, 0.2) is 6.04 Å². The fourth-order valence-corrected chi connectivity index (χ4v) is 2.65. The van der Waals surface area contributed by atoms with Gasteiger partial charge < -0.3 is 10.4 Å². The zero-order chi connectivity index (χ0) is 20.1. The summed E-state index contributed by atoms with van der Waals surface area (Å²) < 4.78 is 14.8. The second-order valence-electron chi connectivity index (χ2n) is 5.94. The summed E-state index contributed by atoms with van der Waals surface area (Å²) in [6.07, 6.45) is 0. The summed E-state index contributed by atoms with van der Waals surface area (Å²) in [5.41, 5.74) is 0.193. The molecule has 2 N–H and O–H groups in total. The molecule has 0 saturated heterocycles. The topological polar surface area (TPSA) is 101 Å². The number of carbonyl (C=O) groups excluding carboxylic acids is 1. The van der Waals surface area contributed by atoms with E-state index in [0.29, 0.717) is 5.56 Å². The molecule has 0 aliphatic carbocycles. The Morgan fingerprint density at radius 2 is 1.71 bits per heavy atom. The van der Waals surface area contributed by atoms with Crippen LogP contribution in [0.4, 0.5) is 4.39 Å². The lowest BCUT2D eigenvalue weighted by Gasteiger charge is -2.15. The fraction of sp³-hybridized carbons (Fsp3) is 0.100. The number of hydrogen-bond donors (Lipinski definition) is 2. The molecule has 142 valence electrons. The minimum absolute atomic E-state index is 0.184. The summed E-state index contributed by atoms with van der Waals surface area (Å²) in [5.74, 6) is -2.46. The number of carbonyl (C=O) groups is 2. The molecule has 1 atom stereocenters. The molecule has 8 heteroatoms. The molecule has 1 unspecified atom stereocenters. The van der Waals surface area contributed by atoms with Gasteiger partial charge >= 0.3 is 5.97 Å². The molecular weight excluding hydrogens is 365 g/mol. The summed E-state index contributed by atoms with van der Waals surface area (Å²) in [4.78, 5) is 35.8. The Labute approximate surface area is 159 Å². The number of nitrogens with zero attached hydrogens (tertiary/aromatic N) is 2. The van der Waals surface area contributed by atoms with Crippen molar-refractivity contribution in [2.24, 2.45) is 0 Å². The normalized spacial score (nSPS) is 11.6. The van der Waals surface area contributed by atoms with E-state index in [2.05, 4.69) is 10.4 Å². The predicted molar refractivity (Wildman–Crippen MR) is 98.9 cm³/mol. The van der Waals surface area contributed by atoms with Gasteiger partial charge in [-0.25, -0.2) is 13.9 Å². The smallest absolute Gasteiger partial charge is 0.330 e. The van der Waals surface area contributed by atoms with Crippen molar-refractivity contribution < 1.29 is 19.1 Å². The molecule has 0 aliphatic heterocycles. The van der Waals surface area contributed by atoms with Crippen LogP contribution in [0.5, 0.6) is 0 Å². The van der Waals surface area contributed by atoms with Crippen LogP contribution in [-0.4, -0.2) is 26.8 Å². The number of aromatic nitrogens is 2. The molecule has 0 spiro atoms. The van der Waals surface area contributed by atoms with Crippen LogP contribution in [0.15, 0.2) is 71.5 Å². The van der Waals surface area contributed by atoms with Crippen molar-refractivity contribution in [1.29, 1.82) is 0 Å². The highest BCUT2D eigenvalue weighted by Crippen LogP contribution is 2.19. The van der Waals surface area contributed by atoms with Gasteiger partial charge in [0.2, 0.25) is 5.91 Å². The third-order valence-corrected chi connectivity index (χ3v) is 3.99. The van der Waals surface area contributed by atoms with E-state index in [1.54, 1.807) is 36.4 Å². The zero-order valence-corrected chi connectivity index (χ0v) is 14.6. The van der Waals surface area contributed by atoms with Crippen LogP contribution in [0, 0.1) is 5.82 Å². The molecule has 3 aromatic rings. The molecule has 0 fully saturated rings. The van der Waals surface area contributed by atoms with Crippen LogP contribution in [0.2, 0.25) is 0 Å². The van der Waals surface area contributed by atoms with Gasteiger partial charge in [0, 0.05) is 11.6 Å². The van der Waals surface area contributed by atoms with Crippen LogP contribution in [0.25, 0.3) is 11.3 Å². The number of aliphatic carboxylic acids is 1. The molecule has 0 radical (unpaired) electrons. The van der Waals surface area contributed by atoms with E-state index in [0.717, 1.165) is 4.68 Å². The molecule has 1 aromatic heterocycles. The van der Waals surface area contributed by atoms with Gasteiger partial charge in [0.25, 0.3) is 5.56 Å². The van der Waals surface area contributed by atoms with E-state index in [-0.39, 0.29) is 11.3 Å². The minimum Gasteiger partial charge on any atom is -0.479 e. The van der Waals surface area contributed by atoms with Gasteiger partial charge in [-0.2, -0.15) is 5.10 Å². The molecular formula is C20H16FN3O4. The van der Waals surface area contributed by atoms with Crippen molar-refractivity contribution in [3.8, 4) is 11.3 Å². The summed E-state index contributed by atoms with van der Waals surface area (Å²) in [5, 5.41) is 15.8. The number of nitrogens with one attached hydrogen (secondary N) is 1. The first-order valence-corrected chi connectivity index (χ1v) is 8.36. The fourth-order valence-electron chi connectivity index (χ4n) is 2.65. The maximum absolute atomic E-state index is 13.9. The van der Waals surface area contributed by atoms with Gasteiger partial charge in [0.1, 0.15) is 12.4 Å². The van der Waals surface area contributed by atoms with Crippen LogP contribution in [0.1, 0.15) is 11.6 Å². The number of carboxylic acid groups (broad SMARTS) is 1. The number of halogens is 1. The second-order valence-corrected chi connectivity index (χ2v) is 5.94. The van der Waals surface area contributed by atoms with E-state index >= 15 is 0 Å². The summed E-state index contributed by atoms with van der Waals surface area (Å²) in [6.45, 7) is -0.502. The number of carboxylic acids is 1. The second kappa shape index (κ2) is 8.26. The summed E-state index contributed by atoms with van der Waals surface area (Å²) in [7, 11) is 0. The van der Waals surface area contributed by atoms with Gasteiger partial charge in [-0.05, 0) is 23.8 Å². The SMILES string of the molecule is O=C(Cn1nc(-c2ccccc2F)ccc1=O)NC(C(=O)O)c1ccccc1. The monoisotopic (exact) mass is 381 g/mol. The predicted octanol–water partition coefficient (Wildman–Crippen LogP) is 1.99. The Bertz CT molecular complexity index is 1070. The van der Waals surface area contributed by atoms with Crippen molar-refractivity contribution in [2.45, 2.75) is 12.6 Å². The maximum Gasteiger partial charge on any atom is 0.330 e. The van der Waals surface area contributed by atoms with Crippen LogP contribution >= 0.6 is 0 Å². The summed E-state index contributed by atoms with van der Waals surface area (Å²) >= 11 is 0. The molecule has 2 aromatic carbocycles. The van der Waals surface area contributed by atoms with Gasteiger partial charge in [-0.3, -0.25) is 9.59 Å². The Morgan fingerprint density at radius 1 is 1.04 bits per heavy atom. The highest BCUT2D eigenvalue weighted by atomic mass is 19.1. The Hall–Kier alpha value is -3.81. The van der Waals surface area contributed by atoms with Gasteiger partial charge in [-0.15, -0.1) is 0 Å². The van der Waals surface area contributed by atoms with E-state index < -0.39 is 35.8 Å². The average molecular weight is 381 g/mol. The molecule has 1 amide bonds. The Morgan fingerprint density at radius 3 is 2.39 bits per heavy atom. The minimum atomic E-state index is -1.26. The lowest BCUT2D eigenvalue weighted by Crippen LogP contribution is -2.38. The molecule has 0 saturated carbocycles. The van der Waals surface area contributed by atoms with Crippen molar-refractivity contribution >= 4 is 11.9 Å². The highest BCUT2D eigenvalue weighted by Gasteiger charge is 2.22. The van der Waals surface area contributed by atoms with E-state index in [9.17, 15) is 23.9 Å². The number of benzene rings is 2. The van der Waals surface area contributed by atoms with E-state index in [1.165, 1.54) is 30.3 Å². The van der Waals surface area contributed by atoms with Gasteiger partial charge in [0.05, 0.1) is 5.69 Å². The largest absolute Gasteiger partial charge is 0.479 e. The molecule has 3 rings (SSSR count). The standard InChI is InChI=1S/C20H16FN3O4/c21-15-9-5-4-8-14(15)16-10-11-18(26)24(23-16)12-17(25)22-19(20(27)28)13-6-2-1-3-7-13/h1-11,19H,12H2,(H,22,25)(H,27,28). The number of amides is 1. The lowest BCUT2D eigenvalue weighted by atomic mass is 10.1. The lowest BCUT2D eigenvalue weighted by molar-refractivity contribution is -0.142. The third kappa shape index (κ3) is 4.29. The van der Waals surface area contributed by atoms with Crippen molar-refractivity contribution in [2.75, 3.05) is 0 Å². The third-order valence-electron chi connectivity index (χ3n) is 3.99. The number of hydrogen-bond acceptors (Lipinski definition) is 4. The number of rotatable bonds is 6. The zero-order valence-electron chi connectivity index (χ0n) is 14.6. The summed E-state index contributed by atoms with van der Waals surface area (Å²) in [6, 6.07) is 15.4. The van der Waals surface area contributed by atoms with E-state index in [1.807, 2.05) is 0 Å². The highest BCUT2D eigenvalue weighted by molar-refractivity contribution is 5.84. The van der Waals surface area contributed by atoms with Crippen molar-refractivity contribution in [3.05, 3.63) is 88.5 Å². The van der Waals surface area contributed by atoms with Crippen molar-refractivity contribution in [3.63, 3.8) is 0 Å². The molecule has 1 heterocycles. The molecule has 7 nitrogen and oxygen atoms in total. The Kier molecular flexibility index (Phi) is 5.59. The Balaban J connectivity index is 1.82. The first kappa shape index (κ1) is 19.0. The van der Waals surface area contributed by atoms with Crippen LogP contribution in [0.3, 0.4) is 0 Å². The molecule has 0 bridgehead atoms. The first-order chi connectivity index (χ1) is 13.5. The van der Waals surface area contributed by atoms with E-state index in [4.69, 9.17) is 0 Å². The van der Waals surface area contributed by atoms with Gasteiger partial charge in [-0.1, -0.05) is 42.5 Å². The molecule has 0 aliphatic rings.